The number of nitrogens with one attached hydrogen (secondary N) is 1. The maximum atomic E-state index is 13.0. The second-order valence-electron chi connectivity index (χ2n) is 8.11. The number of benzene rings is 1. The molecule has 1 aliphatic carbocycles. The number of aromatic nitrogens is 2. The number of hydrogen-bond acceptors (Lipinski definition) is 7. The van der Waals surface area contributed by atoms with E-state index in [1.165, 1.54) is 6.20 Å². The predicted molar refractivity (Wildman–Crippen MR) is 129 cm³/mol. The molecule has 0 unspecified atom stereocenters. The first kappa shape index (κ1) is 25.1. The topological polar surface area (TPSA) is 96.8 Å². The summed E-state index contributed by atoms with van der Waals surface area (Å²) in [6, 6.07) is 5.62. The summed E-state index contributed by atoms with van der Waals surface area (Å²) >= 11 is 6.22. The van der Waals surface area contributed by atoms with Crippen molar-refractivity contribution in [1.82, 2.24) is 15.3 Å². The second-order valence-corrected chi connectivity index (χ2v) is 8.51. The van der Waals surface area contributed by atoms with E-state index in [2.05, 4.69) is 15.3 Å². The standard InChI is InChI=1S/C24H33ClN4O4/c1-4-29(5-2)24-26-15-19(22(31)27-17-7-9-18(30)10-8-17)23(28-24)33-13-12-16-6-11-21(32-3)20(25)14-16/h6,11,14-15,17-18,30H,4-5,7-10,12-13H2,1-3H3,(H,27,31). The Balaban J connectivity index is 1.73. The van der Waals surface area contributed by atoms with E-state index in [1.807, 2.05) is 36.9 Å². The average Bonchev–Trinajstić information content (AvgIpc) is 2.81. The fourth-order valence-corrected chi connectivity index (χ4v) is 4.18. The van der Waals surface area contributed by atoms with Crippen molar-refractivity contribution in [1.29, 1.82) is 0 Å². The van der Waals surface area contributed by atoms with Crippen molar-refractivity contribution in [2.45, 2.75) is 58.1 Å². The van der Waals surface area contributed by atoms with Crippen molar-refractivity contribution in [2.75, 3.05) is 31.7 Å². The molecule has 0 saturated heterocycles. The minimum Gasteiger partial charge on any atom is -0.495 e. The van der Waals surface area contributed by atoms with E-state index in [4.69, 9.17) is 21.1 Å². The fraction of sp³-hybridized carbons (Fsp3) is 0.542. The van der Waals surface area contributed by atoms with Gasteiger partial charge in [-0.2, -0.15) is 4.98 Å². The Bertz CT molecular complexity index is 931. The molecule has 0 bridgehead atoms. The van der Waals surface area contributed by atoms with Crippen LogP contribution in [0.25, 0.3) is 0 Å². The molecule has 33 heavy (non-hydrogen) atoms. The normalized spacial score (nSPS) is 18.0. The Labute approximate surface area is 200 Å². The highest BCUT2D eigenvalue weighted by Gasteiger charge is 2.24. The van der Waals surface area contributed by atoms with Crippen LogP contribution in [-0.4, -0.2) is 59.9 Å². The lowest BCUT2D eigenvalue weighted by Gasteiger charge is -2.26. The van der Waals surface area contributed by atoms with Crippen LogP contribution in [0.5, 0.6) is 11.6 Å². The molecule has 8 nitrogen and oxygen atoms in total. The van der Waals surface area contributed by atoms with E-state index >= 15 is 0 Å². The molecule has 1 amide bonds. The van der Waals surface area contributed by atoms with Gasteiger partial charge in [0.25, 0.3) is 5.91 Å². The molecular weight excluding hydrogens is 444 g/mol. The van der Waals surface area contributed by atoms with E-state index in [1.54, 1.807) is 7.11 Å². The lowest BCUT2D eigenvalue weighted by atomic mass is 9.93. The molecule has 0 aliphatic heterocycles. The molecule has 9 heteroatoms. The number of amides is 1. The summed E-state index contributed by atoms with van der Waals surface area (Å²) in [6.45, 7) is 5.87. The van der Waals surface area contributed by atoms with Gasteiger partial charge in [0.2, 0.25) is 11.8 Å². The number of hydrogen-bond donors (Lipinski definition) is 2. The summed E-state index contributed by atoms with van der Waals surface area (Å²) in [4.78, 5) is 24.0. The first-order valence-corrected chi connectivity index (χ1v) is 11.9. The summed E-state index contributed by atoms with van der Waals surface area (Å²) in [5.41, 5.74) is 1.30. The highest BCUT2D eigenvalue weighted by Crippen LogP contribution is 2.26. The number of aliphatic hydroxyl groups is 1. The number of carbonyl (C=O) groups excluding carboxylic acids is 1. The highest BCUT2D eigenvalue weighted by atomic mass is 35.5. The Morgan fingerprint density at radius 2 is 1.97 bits per heavy atom. The highest BCUT2D eigenvalue weighted by molar-refractivity contribution is 6.32. The number of halogens is 1. The second kappa shape index (κ2) is 12.0. The third kappa shape index (κ3) is 6.71. The maximum Gasteiger partial charge on any atom is 0.258 e. The molecule has 0 atom stereocenters. The van der Waals surface area contributed by atoms with Gasteiger partial charge in [-0.25, -0.2) is 4.98 Å². The van der Waals surface area contributed by atoms with Gasteiger partial charge in [-0.1, -0.05) is 17.7 Å². The van der Waals surface area contributed by atoms with Gasteiger partial charge in [-0.3, -0.25) is 4.79 Å². The largest absolute Gasteiger partial charge is 0.495 e. The Morgan fingerprint density at radius 1 is 1.24 bits per heavy atom. The number of nitrogens with zero attached hydrogens (tertiary/aromatic N) is 3. The summed E-state index contributed by atoms with van der Waals surface area (Å²) < 4.78 is 11.2. The predicted octanol–water partition coefficient (Wildman–Crippen LogP) is 3.64. The van der Waals surface area contributed by atoms with Crippen molar-refractivity contribution in [3.8, 4) is 11.6 Å². The zero-order chi connectivity index (χ0) is 23.8. The summed E-state index contributed by atoms with van der Waals surface area (Å²) in [5.74, 6) is 1.15. The molecule has 0 spiro atoms. The summed E-state index contributed by atoms with van der Waals surface area (Å²) in [6.07, 6.45) is 4.73. The molecule has 2 aromatic rings. The minimum atomic E-state index is -0.278. The Hall–Kier alpha value is -2.58. The van der Waals surface area contributed by atoms with Crippen LogP contribution in [0, 0.1) is 0 Å². The molecule has 1 fully saturated rings. The number of anilines is 1. The van der Waals surface area contributed by atoms with Crippen LogP contribution in [0.4, 0.5) is 5.95 Å². The number of rotatable bonds is 10. The molecule has 180 valence electrons. The molecule has 1 saturated carbocycles. The SMILES string of the molecule is CCN(CC)c1ncc(C(=O)NC2CCC(O)CC2)c(OCCc2ccc(OC)c(Cl)c2)n1. The maximum absolute atomic E-state index is 13.0. The molecule has 3 rings (SSSR count). The van der Waals surface area contributed by atoms with Crippen LogP contribution in [-0.2, 0) is 6.42 Å². The average molecular weight is 477 g/mol. The molecule has 0 radical (unpaired) electrons. The van der Waals surface area contributed by atoms with Crippen LogP contribution < -0.4 is 19.7 Å². The van der Waals surface area contributed by atoms with Gasteiger partial charge in [-0.15, -0.1) is 0 Å². The van der Waals surface area contributed by atoms with Crippen molar-refractivity contribution in [2.24, 2.45) is 0 Å². The first-order chi connectivity index (χ1) is 15.9. The third-order valence-electron chi connectivity index (χ3n) is 5.91. The van der Waals surface area contributed by atoms with Gasteiger partial charge in [0, 0.05) is 31.7 Å². The van der Waals surface area contributed by atoms with E-state index in [9.17, 15) is 9.90 Å². The Morgan fingerprint density at radius 3 is 2.61 bits per heavy atom. The van der Waals surface area contributed by atoms with Crippen molar-refractivity contribution in [3.05, 3.63) is 40.5 Å². The zero-order valence-corrected chi connectivity index (χ0v) is 20.3. The molecule has 1 aromatic heterocycles. The van der Waals surface area contributed by atoms with Crippen LogP contribution in [0.2, 0.25) is 5.02 Å². The molecule has 1 heterocycles. The monoisotopic (exact) mass is 476 g/mol. The minimum absolute atomic E-state index is 0.0256. The first-order valence-electron chi connectivity index (χ1n) is 11.5. The number of carbonyl (C=O) groups is 1. The number of aliphatic hydroxyl groups excluding tert-OH is 1. The van der Waals surface area contributed by atoms with Crippen LogP contribution in [0.15, 0.2) is 24.4 Å². The van der Waals surface area contributed by atoms with Gasteiger partial charge >= 0.3 is 0 Å². The molecule has 1 aromatic carbocycles. The van der Waals surface area contributed by atoms with Crippen molar-refractivity contribution >= 4 is 23.5 Å². The van der Waals surface area contributed by atoms with Crippen molar-refractivity contribution in [3.63, 3.8) is 0 Å². The van der Waals surface area contributed by atoms with Crippen molar-refractivity contribution < 1.29 is 19.4 Å². The number of methoxy groups -OCH3 is 1. The lowest BCUT2D eigenvalue weighted by Crippen LogP contribution is -2.39. The van der Waals surface area contributed by atoms with E-state index in [-0.39, 0.29) is 23.9 Å². The van der Waals surface area contributed by atoms with Gasteiger partial charge < -0.3 is 24.8 Å². The van der Waals surface area contributed by atoms with E-state index in [0.717, 1.165) is 31.5 Å². The van der Waals surface area contributed by atoms with Gasteiger partial charge in [0.05, 0.1) is 24.8 Å². The fourth-order valence-electron chi connectivity index (χ4n) is 3.90. The smallest absolute Gasteiger partial charge is 0.258 e. The Kier molecular flexibility index (Phi) is 9.14. The molecule has 1 aliphatic rings. The summed E-state index contributed by atoms with van der Waals surface area (Å²) in [7, 11) is 1.58. The molecular formula is C24H33ClN4O4. The number of ether oxygens (including phenoxy) is 2. The van der Waals surface area contributed by atoms with Gasteiger partial charge in [0.1, 0.15) is 11.3 Å². The van der Waals surface area contributed by atoms with Crippen LogP contribution in [0.3, 0.4) is 0 Å². The third-order valence-corrected chi connectivity index (χ3v) is 6.20. The summed E-state index contributed by atoms with van der Waals surface area (Å²) in [5, 5.41) is 13.3. The van der Waals surface area contributed by atoms with E-state index in [0.29, 0.717) is 48.2 Å². The van der Waals surface area contributed by atoms with Crippen LogP contribution >= 0.6 is 11.6 Å². The van der Waals surface area contributed by atoms with Gasteiger partial charge in [-0.05, 0) is 57.2 Å². The van der Waals surface area contributed by atoms with E-state index < -0.39 is 0 Å². The lowest BCUT2D eigenvalue weighted by molar-refractivity contribution is 0.0863. The zero-order valence-electron chi connectivity index (χ0n) is 19.5. The van der Waals surface area contributed by atoms with Crippen LogP contribution in [0.1, 0.15) is 55.5 Å². The quantitative estimate of drug-likeness (QED) is 0.540. The molecule has 2 N–H and O–H groups in total. The van der Waals surface area contributed by atoms with Gasteiger partial charge in [0.15, 0.2) is 0 Å².